The highest BCUT2D eigenvalue weighted by Crippen LogP contribution is 2.25. The first-order chi connectivity index (χ1) is 10.2. The Kier molecular flexibility index (Phi) is 3.62. The molecule has 0 bridgehead atoms. The summed E-state index contributed by atoms with van der Waals surface area (Å²) >= 11 is 0. The lowest BCUT2D eigenvalue weighted by atomic mass is 10.1. The third kappa shape index (κ3) is 2.76. The van der Waals surface area contributed by atoms with E-state index in [1.54, 1.807) is 6.07 Å². The molecule has 0 saturated heterocycles. The van der Waals surface area contributed by atoms with Gasteiger partial charge in [0.25, 0.3) is 5.91 Å². The summed E-state index contributed by atoms with van der Waals surface area (Å²) in [4.78, 5) is 12.4. The average molecular weight is 281 g/mol. The monoisotopic (exact) mass is 281 g/mol. The number of nitrogens with two attached hydrogens (primary N) is 1. The first-order valence-electron chi connectivity index (χ1n) is 7.18. The molecule has 2 aromatic carbocycles. The molecule has 0 spiro atoms. The molecule has 0 radical (unpaired) electrons. The molecule has 1 amide bonds. The van der Waals surface area contributed by atoms with E-state index in [-0.39, 0.29) is 5.91 Å². The molecule has 0 aliphatic heterocycles. The SMILES string of the molecule is Cc1ccc(C(=O)Nc2ccc3c(c2)CCC3)c(NN)c1. The van der Waals surface area contributed by atoms with Crippen molar-refractivity contribution in [2.75, 3.05) is 10.7 Å². The molecule has 4 heteroatoms. The third-order valence-corrected chi connectivity index (χ3v) is 3.93. The summed E-state index contributed by atoms with van der Waals surface area (Å²) in [5.74, 6) is 5.34. The second kappa shape index (κ2) is 5.58. The fourth-order valence-corrected chi connectivity index (χ4v) is 2.82. The Balaban J connectivity index is 1.83. The molecule has 4 N–H and O–H groups in total. The molecule has 0 fully saturated rings. The van der Waals surface area contributed by atoms with Crippen LogP contribution in [0.25, 0.3) is 0 Å². The predicted molar refractivity (Wildman–Crippen MR) is 85.4 cm³/mol. The van der Waals surface area contributed by atoms with Gasteiger partial charge in [0.05, 0.1) is 11.3 Å². The van der Waals surface area contributed by atoms with E-state index in [0.717, 1.165) is 24.1 Å². The molecule has 1 aliphatic rings. The molecule has 0 atom stereocenters. The highest BCUT2D eigenvalue weighted by molar-refractivity contribution is 6.08. The zero-order chi connectivity index (χ0) is 14.8. The summed E-state index contributed by atoms with van der Waals surface area (Å²) in [5, 5.41) is 2.95. The van der Waals surface area contributed by atoms with E-state index < -0.39 is 0 Å². The van der Waals surface area contributed by atoms with E-state index in [1.165, 1.54) is 17.5 Å². The van der Waals surface area contributed by atoms with Gasteiger partial charge in [-0.3, -0.25) is 10.6 Å². The van der Waals surface area contributed by atoms with Crippen molar-refractivity contribution in [2.24, 2.45) is 5.84 Å². The summed E-state index contributed by atoms with van der Waals surface area (Å²) in [6.07, 6.45) is 3.44. The van der Waals surface area contributed by atoms with Crippen molar-refractivity contribution in [2.45, 2.75) is 26.2 Å². The lowest BCUT2D eigenvalue weighted by molar-refractivity contribution is 0.102. The van der Waals surface area contributed by atoms with Crippen molar-refractivity contribution in [1.29, 1.82) is 0 Å². The van der Waals surface area contributed by atoms with Crippen LogP contribution in [0.1, 0.15) is 33.5 Å². The standard InChI is InChI=1S/C17H19N3O/c1-11-5-8-15(16(9-11)20-18)17(21)19-14-7-6-12-3-2-4-13(12)10-14/h5-10,20H,2-4,18H2,1H3,(H,19,21). The topological polar surface area (TPSA) is 67.2 Å². The smallest absolute Gasteiger partial charge is 0.257 e. The molecule has 2 aromatic rings. The van der Waals surface area contributed by atoms with Gasteiger partial charge in [-0.05, 0) is 67.1 Å². The number of aryl methyl sites for hydroxylation is 3. The Bertz CT molecular complexity index is 694. The van der Waals surface area contributed by atoms with Crippen LogP contribution >= 0.6 is 0 Å². The Morgan fingerprint density at radius 2 is 1.90 bits per heavy atom. The van der Waals surface area contributed by atoms with Crippen molar-refractivity contribution in [3.05, 3.63) is 58.7 Å². The molecule has 4 nitrogen and oxygen atoms in total. The fourth-order valence-electron chi connectivity index (χ4n) is 2.82. The summed E-state index contributed by atoms with van der Waals surface area (Å²) in [6.45, 7) is 1.96. The van der Waals surface area contributed by atoms with Gasteiger partial charge in [0, 0.05) is 5.69 Å². The Morgan fingerprint density at radius 3 is 2.71 bits per heavy atom. The van der Waals surface area contributed by atoms with Crippen molar-refractivity contribution >= 4 is 17.3 Å². The molecule has 0 aromatic heterocycles. The largest absolute Gasteiger partial charge is 0.323 e. The van der Waals surface area contributed by atoms with E-state index in [9.17, 15) is 4.79 Å². The van der Waals surface area contributed by atoms with Crippen LogP contribution in [-0.2, 0) is 12.8 Å². The first-order valence-corrected chi connectivity index (χ1v) is 7.18. The molecule has 1 aliphatic carbocycles. The number of carbonyl (C=O) groups excluding carboxylic acids is 1. The number of amides is 1. The van der Waals surface area contributed by atoms with Crippen LogP contribution in [0.5, 0.6) is 0 Å². The van der Waals surface area contributed by atoms with Gasteiger partial charge in [-0.1, -0.05) is 12.1 Å². The number of anilines is 2. The number of benzene rings is 2. The lowest BCUT2D eigenvalue weighted by Gasteiger charge is -2.11. The van der Waals surface area contributed by atoms with E-state index in [1.807, 2.05) is 25.1 Å². The van der Waals surface area contributed by atoms with Crippen molar-refractivity contribution < 1.29 is 4.79 Å². The summed E-state index contributed by atoms with van der Waals surface area (Å²) in [7, 11) is 0. The zero-order valence-corrected chi connectivity index (χ0v) is 12.1. The van der Waals surface area contributed by atoms with Gasteiger partial charge in [0.2, 0.25) is 0 Å². The minimum Gasteiger partial charge on any atom is -0.323 e. The van der Waals surface area contributed by atoms with Crippen molar-refractivity contribution in [3.63, 3.8) is 0 Å². The zero-order valence-electron chi connectivity index (χ0n) is 12.1. The summed E-state index contributed by atoms with van der Waals surface area (Å²) < 4.78 is 0. The van der Waals surface area contributed by atoms with Crippen molar-refractivity contribution in [3.8, 4) is 0 Å². The van der Waals surface area contributed by atoms with Gasteiger partial charge < -0.3 is 10.7 Å². The van der Waals surface area contributed by atoms with Gasteiger partial charge >= 0.3 is 0 Å². The normalized spacial score (nSPS) is 12.9. The molecule has 21 heavy (non-hydrogen) atoms. The number of hydrazine groups is 1. The van der Waals surface area contributed by atoms with Gasteiger partial charge in [0.15, 0.2) is 0 Å². The Labute approximate surface area is 124 Å². The minimum absolute atomic E-state index is 0.152. The van der Waals surface area contributed by atoms with E-state index in [4.69, 9.17) is 5.84 Å². The van der Waals surface area contributed by atoms with E-state index in [0.29, 0.717) is 11.3 Å². The van der Waals surface area contributed by atoms with Gasteiger partial charge in [-0.2, -0.15) is 0 Å². The first kappa shape index (κ1) is 13.6. The van der Waals surface area contributed by atoms with Crippen molar-refractivity contribution in [1.82, 2.24) is 0 Å². The van der Waals surface area contributed by atoms with Crippen LogP contribution in [0, 0.1) is 6.92 Å². The van der Waals surface area contributed by atoms with Gasteiger partial charge in [-0.25, -0.2) is 0 Å². The van der Waals surface area contributed by atoms with Gasteiger partial charge in [-0.15, -0.1) is 0 Å². The number of hydrogen-bond acceptors (Lipinski definition) is 3. The second-order valence-electron chi connectivity index (χ2n) is 5.48. The maximum Gasteiger partial charge on any atom is 0.257 e. The van der Waals surface area contributed by atoms with Crippen LogP contribution in [0.4, 0.5) is 11.4 Å². The van der Waals surface area contributed by atoms with Crippen LogP contribution in [-0.4, -0.2) is 5.91 Å². The predicted octanol–water partition coefficient (Wildman–Crippen LogP) is 3.02. The Hall–Kier alpha value is -2.33. The number of carbonyl (C=O) groups is 1. The molecule has 0 heterocycles. The quantitative estimate of drug-likeness (QED) is 0.598. The summed E-state index contributed by atoms with van der Waals surface area (Å²) in [5.41, 5.74) is 8.39. The maximum atomic E-state index is 12.4. The Morgan fingerprint density at radius 1 is 1.10 bits per heavy atom. The van der Waals surface area contributed by atoms with Crippen LogP contribution in [0.3, 0.4) is 0 Å². The summed E-state index contributed by atoms with van der Waals surface area (Å²) in [6, 6.07) is 11.7. The minimum atomic E-state index is -0.152. The highest BCUT2D eigenvalue weighted by Gasteiger charge is 2.14. The number of fused-ring (bicyclic) bond motifs is 1. The molecule has 0 unspecified atom stereocenters. The van der Waals surface area contributed by atoms with E-state index >= 15 is 0 Å². The number of hydrogen-bond donors (Lipinski definition) is 3. The molecule has 3 rings (SSSR count). The lowest BCUT2D eigenvalue weighted by Crippen LogP contribution is -2.17. The maximum absolute atomic E-state index is 12.4. The molecular formula is C17H19N3O. The molecular weight excluding hydrogens is 262 g/mol. The number of nitrogen functional groups attached to an aromatic ring is 1. The van der Waals surface area contributed by atoms with Crippen LogP contribution in [0.2, 0.25) is 0 Å². The third-order valence-electron chi connectivity index (χ3n) is 3.93. The molecule has 108 valence electrons. The average Bonchev–Trinajstić information content (AvgIpc) is 2.94. The molecule has 0 saturated carbocycles. The van der Waals surface area contributed by atoms with Crippen LogP contribution < -0.4 is 16.6 Å². The van der Waals surface area contributed by atoms with E-state index in [2.05, 4.69) is 22.9 Å². The number of rotatable bonds is 3. The number of nitrogens with one attached hydrogen (secondary N) is 2. The van der Waals surface area contributed by atoms with Crippen LogP contribution in [0.15, 0.2) is 36.4 Å². The fraction of sp³-hybridized carbons (Fsp3) is 0.235. The highest BCUT2D eigenvalue weighted by atomic mass is 16.1. The second-order valence-corrected chi connectivity index (χ2v) is 5.48. The van der Waals surface area contributed by atoms with Gasteiger partial charge in [0.1, 0.15) is 0 Å².